The lowest BCUT2D eigenvalue weighted by molar-refractivity contribution is -0.139. The number of anilines is 1. The second-order valence-electron chi connectivity index (χ2n) is 8.34. The van der Waals surface area contributed by atoms with Gasteiger partial charge in [0.25, 0.3) is 0 Å². The number of sulfonamides is 1. The molecule has 0 heterocycles. The van der Waals surface area contributed by atoms with Crippen molar-refractivity contribution in [2.24, 2.45) is 0 Å². The molecule has 1 N–H and O–H groups in total. The Hall–Kier alpha value is -2.95. The molecule has 11 heteroatoms. The maximum absolute atomic E-state index is 13.8. The molecule has 0 aliphatic rings. The molecular weight excluding hydrogens is 585 g/mol. The first-order chi connectivity index (χ1) is 17.5. The Morgan fingerprint density at radius 3 is 2.30 bits per heavy atom. The van der Waals surface area contributed by atoms with Crippen LogP contribution < -0.4 is 9.62 Å². The molecular formula is C26H26BrClFN3O4S. The first-order valence-corrected chi connectivity index (χ1v) is 14.2. The van der Waals surface area contributed by atoms with Gasteiger partial charge in [0.05, 0.1) is 17.0 Å². The molecule has 0 aliphatic carbocycles. The number of benzene rings is 3. The van der Waals surface area contributed by atoms with E-state index in [0.29, 0.717) is 0 Å². The first kappa shape index (κ1) is 28.6. The zero-order valence-corrected chi connectivity index (χ0v) is 23.4. The van der Waals surface area contributed by atoms with E-state index in [9.17, 15) is 22.4 Å². The quantitative estimate of drug-likeness (QED) is 0.369. The maximum atomic E-state index is 13.8. The van der Waals surface area contributed by atoms with E-state index in [1.54, 1.807) is 6.07 Å². The molecule has 2 amide bonds. The summed E-state index contributed by atoms with van der Waals surface area (Å²) in [5.41, 5.74) is 1.60. The average Bonchev–Trinajstić information content (AvgIpc) is 2.86. The van der Waals surface area contributed by atoms with E-state index in [2.05, 4.69) is 21.2 Å². The first-order valence-electron chi connectivity index (χ1n) is 11.2. The molecule has 0 saturated carbocycles. The zero-order valence-electron chi connectivity index (χ0n) is 20.2. The van der Waals surface area contributed by atoms with Gasteiger partial charge in [0.1, 0.15) is 18.4 Å². The van der Waals surface area contributed by atoms with Gasteiger partial charge in [0.2, 0.25) is 21.8 Å². The summed E-state index contributed by atoms with van der Waals surface area (Å²) in [5.74, 6) is -1.73. The molecule has 0 aliphatic heterocycles. The molecule has 0 fully saturated rings. The van der Waals surface area contributed by atoms with Gasteiger partial charge in [-0.15, -0.1) is 0 Å². The zero-order chi connectivity index (χ0) is 27.2. The van der Waals surface area contributed by atoms with E-state index in [0.717, 1.165) is 38.3 Å². The molecule has 0 unspecified atom stereocenters. The van der Waals surface area contributed by atoms with Gasteiger partial charge < -0.3 is 10.2 Å². The largest absolute Gasteiger partial charge is 0.357 e. The number of carbonyl (C=O) groups excluding carboxylic acids is 2. The van der Waals surface area contributed by atoms with E-state index in [1.807, 2.05) is 48.5 Å². The minimum atomic E-state index is -3.97. The number of hydrogen-bond donors (Lipinski definition) is 1. The van der Waals surface area contributed by atoms with Crippen molar-refractivity contribution in [3.8, 4) is 0 Å². The minimum Gasteiger partial charge on any atom is -0.357 e. The molecule has 0 aromatic heterocycles. The van der Waals surface area contributed by atoms with Crippen molar-refractivity contribution in [3.63, 3.8) is 0 Å². The van der Waals surface area contributed by atoms with Crippen molar-refractivity contribution in [2.45, 2.75) is 19.0 Å². The van der Waals surface area contributed by atoms with Crippen molar-refractivity contribution < 1.29 is 22.4 Å². The van der Waals surface area contributed by atoms with E-state index in [1.165, 1.54) is 18.0 Å². The minimum absolute atomic E-state index is 0.0317. The number of hydrogen-bond acceptors (Lipinski definition) is 4. The Bertz CT molecular complexity index is 1380. The number of nitrogens with one attached hydrogen (secondary N) is 1. The Balaban J connectivity index is 2.04. The van der Waals surface area contributed by atoms with Crippen LogP contribution in [-0.4, -0.2) is 51.0 Å². The van der Waals surface area contributed by atoms with Crippen LogP contribution in [0.15, 0.2) is 77.3 Å². The lowest BCUT2D eigenvalue weighted by atomic mass is 10.0. The summed E-state index contributed by atoms with van der Waals surface area (Å²) < 4.78 is 40.7. The van der Waals surface area contributed by atoms with Crippen molar-refractivity contribution in [1.82, 2.24) is 10.2 Å². The summed E-state index contributed by atoms with van der Waals surface area (Å²) in [4.78, 5) is 28.2. The predicted octanol–water partition coefficient (Wildman–Crippen LogP) is 4.39. The van der Waals surface area contributed by atoms with Gasteiger partial charge in [0, 0.05) is 24.5 Å². The number of likely N-dealkylation sites (N-methyl/N-ethyl adjacent to an activating group) is 1. The molecule has 3 aromatic carbocycles. The van der Waals surface area contributed by atoms with Crippen molar-refractivity contribution in [1.29, 1.82) is 0 Å². The van der Waals surface area contributed by atoms with E-state index in [4.69, 9.17) is 11.6 Å². The third-order valence-corrected chi connectivity index (χ3v) is 7.55. The predicted molar refractivity (Wildman–Crippen MR) is 146 cm³/mol. The molecule has 1 atom stereocenters. The number of carbonyl (C=O) groups is 2. The fourth-order valence-electron chi connectivity index (χ4n) is 3.81. The van der Waals surface area contributed by atoms with Crippen LogP contribution >= 0.6 is 27.5 Å². The molecule has 3 aromatic rings. The molecule has 0 bridgehead atoms. The molecule has 37 heavy (non-hydrogen) atoms. The Kier molecular flexibility index (Phi) is 9.69. The van der Waals surface area contributed by atoms with Crippen molar-refractivity contribution >= 4 is 55.1 Å². The highest BCUT2D eigenvalue weighted by Gasteiger charge is 2.32. The average molecular weight is 611 g/mol. The van der Waals surface area contributed by atoms with Gasteiger partial charge >= 0.3 is 0 Å². The summed E-state index contributed by atoms with van der Waals surface area (Å²) in [6.45, 7) is -0.567. The highest BCUT2D eigenvalue weighted by atomic mass is 79.9. The monoisotopic (exact) mass is 609 g/mol. The van der Waals surface area contributed by atoms with Crippen molar-refractivity contribution in [3.05, 3.63) is 99.2 Å². The topological polar surface area (TPSA) is 86.8 Å². The fraction of sp³-hybridized carbons (Fsp3) is 0.231. The number of amides is 2. The lowest BCUT2D eigenvalue weighted by Gasteiger charge is -2.33. The highest BCUT2D eigenvalue weighted by Crippen LogP contribution is 2.25. The van der Waals surface area contributed by atoms with Crippen LogP contribution in [0.4, 0.5) is 10.1 Å². The van der Waals surface area contributed by atoms with Crippen LogP contribution in [0.3, 0.4) is 0 Å². The number of nitrogens with zero attached hydrogens (tertiary/aromatic N) is 2. The summed E-state index contributed by atoms with van der Waals surface area (Å²) in [5, 5.41) is 2.33. The van der Waals surface area contributed by atoms with Gasteiger partial charge in [0.15, 0.2) is 0 Å². The normalized spacial score (nSPS) is 12.0. The highest BCUT2D eigenvalue weighted by molar-refractivity contribution is 9.10. The van der Waals surface area contributed by atoms with Crippen LogP contribution in [0.25, 0.3) is 0 Å². The van der Waals surface area contributed by atoms with Gasteiger partial charge in [-0.05, 0) is 41.5 Å². The number of halogens is 3. The molecule has 7 nitrogen and oxygen atoms in total. The van der Waals surface area contributed by atoms with Gasteiger partial charge in [-0.3, -0.25) is 13.9 Å². The maximum Gasteiger partial charge on any atom is 0.244 e. The molecule has 0 saturated heterocycles. The van der Waals surface area contributed by atoms with Crippen molar-refractivity contribution in [2.75, 3.05) is 24.2 Å². The Morgan fingerprint density at radius 2 is 1.70 bits per heavy atom. The van der Waals surface area contributed by atoms with Crippen LogP contribution in [-0.2, 0) is 32.6 Å². The molecule has 196 valence electrons. The second-order valence-corrected chi connectivity index (χ2v) is 11.6. The molecule has 3 rings (SSSR count). The Labute approximate surface area is 229 Å². The number of rotatable bonds is 10. The third-order valence-electron chi connectivity index (χ3n) is 5.63. The SMILES string of the molecule is CNC(=O)[C@@H](Cc1ccccc1)N(Cc1cccc(Br)c1)C(=O)CN(c1ccc(F)c(Cl)c1)S(C)(=O)=O. The van der Waals surface area contributed by atoms with Gasteiger partial charge in [-0.1, -0.05) is 70.0 Å². The van der Waals surface area contributed by atoms with Gasteiger partial charge in [-0.2, -0.15) is 0 Å². The van der Waals surface area contributed by atoms with Crippen LogP contribution in [0.2, 0.25) is 5.02 Å². The van der Waals surface area contributed by atoms with Crippen LogP contribution in [0, 0.1) is 5.82 Å². The molecule has 0 radical (unpaired) electrons. The standard InChI is InChI=1S/C26H26BrClFN3O4S/c1-30-26(34)24(14-18-7-4-3-5-8-18)31(16-19-9-6-10-20(27)13-19)25(33)17-32(37(2,35)36)21-11-12-23(29)22(28)15-21/h3-13,15,24H,14,16-17H2,1-2H3,(H,30,34)/t24-/m1/s1. The van der Waals surface area contributed by atoms with Crippen LogP contribution in [0.5, 0.6) is 0 Å². The van der Waals surface area contributed by atoms with Crippen LogP contribution in [0.1, 0.15) is 11.1 Å². The van der Waals surface area contributed by atoms with E-state index >= 15 is 0 Å². The lowest BCUT2D eigenvalue weighted by Crippen LogP contribution is -2.52. The summed E-state index contributed by atoms with van der Waals surface area (Å²) in [7, 11) is -2.49. The summed E-state index contributed by atoms with van der Waals surface area (Å²) >= 11 is 9.30. The second kappa shape index (κ2) is 12.5. The third kappa shape index (κ3) is 7.77. The van der Waals surface area contributed by atoms with E-state index < -0.39 is 40.2 Å². The summed E-state index contributed by atoms with van der Waals surface area (Å²) in [6, 6.07) is 18.9. The Morgan fingerprint density at radius 1 is 1.03 bits per heavy atom. The summed E-state index contributed by atoms with van der Waals surface area (Å²) in [6.07, 6.45) is 1.15. The fourth-order valence-corrected chi connectivity index (χ4v) is 5.27. The van der Waals surface area contributed by atoms with E-state index in [-0.39, 0.29) is 23.7 Å². The van der Waals surface area contributed by atoms with Gasteiger partial charge in [-0.25, -0.2) is 12.8 Å². The smallest absolute Gasteiger partial charge is 0.244 e. The molecule has 0 spiro atoms.